The average molecular weight is 175 g/mol. The van der Waals surface area contributed by atoms with Crippen LogP contribution in [-0.2, 0) is 9.05 Å². The lowest BCUT2D eigenvalue weighted by Crippen LogP contribution is -1.96. The van der Waals surface area contributed by atoms with Gasteiger partial charge in [0.2, 0.25) is 0 Å². The molecule has 0 aromatic heterocycles. The van der Waals surface area contributed by atoms with E-state index in [0.717, 1.165) is 6.16 Å². The van der Waals surface area contributed by atoms with Crippen LogP contribution in [0.25, 0.3) is 0 Å². The van der Waals surface area contributed by atoms with E-state index in [-0.39, 0.29) is 0 Å². The lowest BCUT2D eigenvalue weighted by atomic mass is 10.5. The summed E-state index contributed by atoms with van der Waals surface area (Å²) < 4.78 is 10.4. The van der Waals surface area contributed by atoms with Gasteiger partial charge in [0.05, 0.1) is 19.1 Å². The minimum absolute atomic E-state index is 0.403. The molecule has 0 aromatic rings. The first-order valence-electron chi connectivity index (χ1n) is 3.48. The van der Waals surface area contributed by atoms with Gasteiger partial charge in [-0.3, -0.25) is 0 Å². The Morgan fingerprint density at radius 2 is 2.27 bits per heavy atom. The van der Waals surface area contributed by atoms with Crippen molar-refractivity contribution in [3.05, 3.63) is 0 Å². The Morgan fingerprint density at radius 1 is 1.64 bits per heavy atom. The fourth-order valence-electron chi connectivity index (χ4n) is 0.531. The molecule has 64 valence electrons. The predicted octanol–water partition coefficient (Wildman–Crippen LogP) is 1.86. The second kappa shape index (κ2) is 5.37. The summed E-state index contributed by atoms with van der Waals surface area (Å²) >= 11 is 0. The molecule has 0 fully saturated rings. The van der Waals surface area contributed by atoms with Gasteiger partial charge in [-0.15, -0.1) is 0 Å². The summed E-state index contributed by atoms with van der Waals surface area (Å²) in [6.45, 7) is 2.39. The summed E-state index contributed by atoms with van der Waals surface area (Å²) in [7, 11) is -0.268. The molecule has 0 heterocycles. The third-order valence-electron chi connectivity index (χ3n) is 1.35. The van der Waals surface area contributed by atoms with E-state index in [1.165, 1.54) is 0 Å². The van der Waals surface area contributed by atoms with Crippen molar-refractivity contribution in [1.29, 1.82) is 5.26 Å². The topological polar surface area (TPSA) is 42.2 Å². The zero-order valence-electron chi connectivity index (χ0n) is 7.04. The molecule has 1 atom stereocenters. The molecule has 0 spiro atoms. The van der Waals surface area contributed by atoms with Gasteiger partial charge in [-0.05, 0) is 0 Å². The Balaban J connectivity index is 3.72. The smallest absolute Gasteiger partial charge is 0.116 e. The van der Waals surface area contributed by atoms with Crippen LogP contribution in [0.4, 0.5) is 0 Å². The minimum atomic E-state index is -1.86. The third kappa shape index (κ3) is 4.21. The summed E-state index contributed by atoms with van der Waals surface area (Å²) in [6.07, 6.45) is 5.03. The first-order valence-corrected chi connectivity index (χ1v) is 5.47. The monoisotopic (exact) mass is 175 g/mol. The average Bonchev–Trinajstić information content (AvgIpc) is 2.05. The fourth-order valence-corrected chi connectivity index (χ4v) is 1.50. The van der Waals surface area contributed by atoms with Gasteiger partial charge in [-0.2, -0.15) is 5.26 Å². The van der Waals surface area contributed by atoms with E-state index in [0.29, 0.717) is 13.0 Å². The summed E-state index contributed by atoms with van der Waals surface area (Å²) in [4.78, 5) is 0. The predicted molar refractivity (Wildman–Crippen MR) is 47.8 cm³/mol. The van der Waals surface area contributed by atoms with Crippen molar-refractivity contribution in [3.63, 3.8) is 0 Å². The molecule has 0 bridgehead atoms. The van der Waals surface area contributed by atoms with E-state index < -0.39 is 7.34 Å². The van der Waals surface area contributed by atoms with E-state index in [4.69, 9.17) is 14.3 Å². The van der Waals surface area contributed by atoms with Gasteiger partial charge in [0.25, 0.3) is 0 Å². The minimum Gasteiger partial charge on any atom is -0.341 e. The zero-order chi connectivity index (χ0) is 8.74. The second-order valence-corrected chi connectivity index (χ2v) is 4.94. The van der Waals surface area contributed by atoms with Gasteiger partial charge < -0.3 is 9.05 Å². The van der Waals surface area contributed by atoms with Crippen molar-refractivity contribution < 1.29 is 9.05 Å². The van der Waals surface area contributed by atoms with Crippen LogP contribution >= 0.6 is 7.34 Å². The van der Waals surface area contributed by atoms with Crippen molar-refractivity contribution >= 4 is 13.6 Å². The Bertz CT molecular complexity index is 177. The molecule has 0 rings (SSSR count). The van der Waals surface area contributed by atoms with Crippen molar-refractivity contribution in [2.45, 2.75) is 13.3 Å². The highest BCUT2D eigenvalue weighted by Crippen LogP contribution is 2.45. The molecular weight excluding hydrogens is 161 g/mol. The van der Waals surface area contributed by atoms with E-state index in [9.17, 15) is 0 Å². The first kappa shape index (κ1) is 10.7. The molecule has 3 nitrogen and oxygen atoms in total. The Hall–Kier alpha value is -0.290. The maximum absolute atomic E-state index is 8.23. The molecule has 0 aliphatic carbocycles. The SMILES string of the molecule is C=P(CC)(OC)OCCC#N. The molecule has 0 amide bonds. The molecule has 0 aliphatic heterocycles. The molecule has 0 saturated heterocycles. The van der Waals surface area contributed by atoms with Crippen molar-refractivity contribution in [2.75, 3.05) is 19.9 Å². The van der Waals surface area contributed by atoms with E-state index in [2.05, 4.69) is 6.30 Å². The van der Waals surface area contributed by atoms with Gasteiger partial charge in [-0.25, -0.2) is 0 Å². The number of nitriles is 1. The first-order chi connectivity index (χ1) is 5.18. The molecule has 4 heteroatoms. The van der Waals surface area contributed by atoms with Gasteiger partial charge in [0.15, 0.2) is 0 Å². The lowest BCUT2D eigenvalue weighted by molar-refractivity contribution is 0.286. The van der Waals surface area contributed by atoms with E-state index >= 15 is 0 Å². The summed E-state index contributed by atoms with van der Waals surface area (Å²) in [5.41, 5.74) is 0. The van der Waals surface area contributed by atoms with Crippen LogP contribution < -0.4 is 0 Å². The van der Waals surface area contributed by atoms with Crippen LogP contribution in [0.5, 0.6) is 0 Å². The zero-order valence-corrected chi connectivity index (χ0v) is 7.93. The van der Waals surface area contributed by atoms with Crippen molar-refractivity contribution in [2.24, 2.45) is 0 Å². The Labute approximate surface area is 68.1 Å². The maximum Gasteiger partial charge on any atom is 0.116 e. The molecule has 0 aromatic carbocycles. The van der Waals surface area contributed by atoms with Gasteiger partial charge in [0.1, 0.15) is 7.34 Å². The van der Waals surface area contributed by atoms with Crippen LogP contribution in [0.1, 0.15) is 13.3 Å². The summed E-state index contributed by atoms with van der Waals surface area (Å²) in [6, 6.07) is 2.00. The lowest BCUT2D eigenvalue weighted by Gasteiger charge is -2.19. The number of hydrogen-bond donors (Lipinski definition) is 0. The highest BCUT2D eigenvalue weighted by molar-refractivity contribution is 7.64. The van der Waals surface area contributed by atoms with Gasteiger partial charge in [-0.1, -0.05) is 13.2 Å². The molecular formula is C7H14NO2P. The van der Waals surface area contributed by atoms with E-state index in [1.807, 2.05) is 13.0 Å². The third-order valence-corrected chi connectivity index (χ3v) is 3.64. The van der Waals surface area contributed by atoms with Crippen LogP contribution in [-0.4, -0.2) is 26.2 Å². The van der Waals surface area contributed by atoms with Crippen molar-refractivity contribution in [3.8, 4) is 6.07 Å². The van der Waals surface area contributed by atoms with Gasteiger partial charge >= 0.3 is 0 Å². The van der Waals surface area contributed by atoms with Crippen LogP contribution in [0.2, 0.25) is 0 Å². The Kier molecular flexibility index (Phi) is 5.23. The van der Waals surface area contributed by atoms with Gasteiger partial charge in [0, 0.05) is 13.3 Å². The number of rotatable bonds is 5. The van der Waals surface area contributed by atoms with E-state index in [1.54, 1.807) is 7.11 Å². The Morgan fingerprint density at radius 3 is 2.64 bits per heavy atom. The molecule has 0 N–H and O–H groups in total. The summed E-state index contributed by atoms with van der Waals surface area (Å²) in [5.74, 6) is 0. The number of nitrogens with zero attached hydrogens (tertiary/aromatic N) is 1. The summed E-state index contributed by atoms with van der Waals surface area (Å²) in [5, 5.41) is 8.23. The highest BCUT2D eigenvalue weighted by Gasteiger charge is 2.09. The standard InChI is InChI=1S/C7H14NO2P/c1-4-11(3,9-2)10-7-5-6-8/h3-5,7H2,1-2H3. The molecule has 0 saturated carbocycles. The molecule has 11 heavy (non-hydrogen) atoms. The highest BCUT2D eigenvalue weighted by atomic mass is 31.2. The number of hydrogen-bond acceptors (Lipinski definition) is 3. The van der Waals surface area contributed by atoms with Crippen LogP contribution in [0.3, 0.4) is 0 Å². The largest absolute Gasteiger partial charge is 0.341 e. The molecule has 1 unspecified atom stereocenters. The molecule has 0 aliphatic rings. The normalized spacial score (nSPS) is 15.4. The quantitative estimate of drug-likeness (QED) is 0.473. The van der Waals surface area contributed by atoms with Crippen LogP contribution in [0.15, 0.2) is 0 Å². The maximum atomic E-state index is 8.23. The molecule has 0 radical (unpaired) electrons. The fraction of sp³-hybridized carbons (Fsp3) is 0.714. The second-order valence-electron chi connectivity index (χ2n) is 2.05. The van der Waals surface area contributed by atoms with Crippen molar-refractivity contribution in [1.82, 2.24) is 0 Å². The van der Waals surface area contributed by atoms with Crippen LogP contribution in [0, 0.1) is 11.3 Å².